The highest BCUT2D eigenvalue weighted by molar-refractivity contribution is 8.19. The van der Waals surface area contributed by atoms with Crippen molar-refractivity contribution in [2.24, 2.45) is 5.92 Å². The zero-order valence-electron chi connectivity index (χ0n) is 18.1. The largest absolute Gasteiger partial charge is 0.497 e. The zero-order chi connectivity index (χ0) is 22.0. The van der Waals surface area contributed by atoms with Crippen LogP contribution in [0.4, 0.5) is 0 Å². The van der Waals surface area contributed by atoms with Gasteiger partial charge >= 0.3 is 0 Å². The van der Waals surface area contributed by atoms with Crippen LogP contribution in [0.3, 0.4) is 0 Å². The van der Waals surface area contributed by atoms with Gasteiger partial charge in [-0.2, -0.15) is 0 Å². The standard InChI is InChI=1S/C28H26O2S2/c1-30-23-15-13-20(14-16-23)24-19-28(31-17-8-18-32-28)26(25(24)21-9-4-2-5-10-21)27(29)22-11-6-3-7-12-22/h2-7,9-16,19,25-26H,8,17-18H2,1H3/t25-,26-/m1/s1. The minimum Gasteiger partial charge on any atom is -0.497 e. The van der Waals surface area contributed by atoms with Crippen molar-refractivity contribution in [1.82, 2.24) is 0 Å². The molecule has 1 aliphatic heterocycles. The number of rotatable bonds is 5. The maximum atomic E-state index is 14.1. The highest BCUT2D eigenvalue weighted by atomic mass is 32.2. The van der Waals surface area contributed by atoms with Crippen LogP contribution in [0.1, 0.15) is 33.8 Å². The molecule has 4 heteroatoms. The molecule has 2 atom stereocenters. The molecule has 1 heterocycles. The maximum absolute atomic E-state index is 14.1. The van der Waals surface area contributed by atoms with E-state index in [0.717, 1.165) is 28.4 Å². The number of carbonyl (C=O) groups excluding carboxylic acids is 1. The number of carbonyl (C=O) groups is 1. The summed E-state index contributed by atoms with van der Waals surface area (Å²) in [5.74, 6) is 3.10. The van der Waals surface area contributed by atoms with Crippen molar-refractivity contribution in [2.45, 2.75) is 16.4 Å². The summed E-state index contributed by atoms with van der Waals surface area (Å²) in [5, 5.41) is 0. The summed E-state index contributed by atoms with van der Waals surface area (Å²) in [7, 11) is 1.69. The number of Topliss-reactive ketones (excluding diaryl/α,β-unsaturated/α-hetero) is 1. The molecule has 1 spiro atoms. The summed E-state index contributed by atoms with van der Waals surface area (Å²) >= 11 is 3.90. The van der Waals surface area contributed by atoms with Gasteiger partial charge in [0.25, 0.3) is 0 Å². The number of benzene rings is 3. The van der Waals surface area contributed by atoms with Crippen LogP contribution in [0.25, 0.3) is 5.57 Å². The van der Waals surface area contributed by atoms with E-state index in [2.05, 4.69) is 42.5 Å². The molecule has 162 valence electrons. The highest BCUT2D eigenvalue weighted by Crippen LogP contribution is 2.62. The molecule has 1 fully saturated rings. The Kier molecular flexibility index (Phi) is 6.16. The van der Waals surface area contributed by atoms with Crippen LogP contribution in [-0.4, -0.2) is 28.5 Å². The molecule has 1 saturated heterocycles. The Labute approximate surface area is 198 Å². The number of ether oxygens (including phenoxy) is 1. The molecule has 0 amide bonds. The molecule has 0 N–H and O–H groups in total. The average Bonchev–Trinajstić information content (AvgIpc) is 3.19. The van der Waals surface area contributed by atoms with Crippen molar-refractivity contribution in [3.05, 3.63) is 108 Å². The van der Waals surface area contributed by atoms with E-state index >= 15 is 0 Å². The molecule has 2 nitrogen and oxygen atoms in total. The predicted octanol–water partition coefficient (Wildman–Crippen LogP) is 6.94. The monoisotopic (exact) mass is 458 g/mol. The van der Waals surface area contributed by atoms with Crippen molar-refractivity contribution >= 4 is 34.9 Å². The smallest absolute Gasteiger partial charge is 0.169 e. The summed E-state index contributed by atoms with van der Waals surface area (Å²) < 4.78 is 5.14. The minimum atomic E-state index is -0.249. The molecular weight excluding hydrogens is 432 g/mol. The van der Waals surface area contributed by atoms with Crippen LogP contribution in [0.5, 0.6) is 5.75 Å². The number of ketones is 1. The normalized spacial score (nSPS) is 21.8. The third-order valence-electron chi connectivity index (χ3n) is 6.33. The first kappa shape index (κ1) is 21.4. The Balaban J connectivity index is 1.67. The van der Waals surface area contributed by atoms with Crippen LogP contribution < -0.4 is 4.74 Å². The van der Waals surface area contributed by atoms with Crippen molar-refractivity contribution in [1.29, 1.82) is 0 Å². The van der Waals surface area contributed by atoms with Gasteiger partial charge in [0.05, 0.1) is 17.1 Å². The summed E-state index contributed by atoms with van der Waals surface area (Å²) in [4.78, 5) is 14.1. The number of allylic oxidation sites excluding steroid dienone is 1. The minimum absolute atomic E-state index is 0.00963. The zero-order valence-corrected chi connectivity index (χ0v) is 19.7. The fourth-order valence-electron chi connectivity index (χ4n) is 4.83. The first-order valence-corrected chi connectivity index (χ1v) is 13.0. The predicted molar refractivity (Wildman–Crippen MR) is 137 cm³/mol. The lowest BCUT2D eigenvalue weighted by molar-refractivity contribution is 0.0915. The number of thioether (sulfide) groups is 2. The Morgan fingerprint density at radius 2 is 1.50 bits per heavy atom. The van der Waals surface area contributed by atoms with E-state index in [9.17, 15) is 4.79 Å². The van der Waals surface area contributed by atoms with Gasteiger partial charge in [0, 0.05) is 11.5 Å². The summed E-state index contributed by atoms with van der Waals surface area (Å²) in [6, 6.07) is 28.6. The molecule has 0 aromatic heterocycles. The van der Waals surface area contributed by atoms with E-state index in [-0.39, 0.29) is 21.7 Å². The second-order valence-electron chi connectivity index (χ2n) is 8.20. The van der Waals surface area contributed by atoms with E-state index in [1.165, 1.54) is 17.6 Å². The molecule has 3 aromatic rings. The van der Waals surface area contributed by atoms with Crippen molar-refractivity contribution < 1.29 is 9.53 Å². The lowest BCUT2D eigenvalue weighted by atomic mass is 9.78. The van der Waals surface area contributed by atoms with Gasteiger partial charge in [0.1, 0.15) is 5.75 Å². The molecule has 32 heavy (non-hydrogen) atoms. The third-order valence-corrected chi connectivity index (χ3v) is 9.66. The van der Waals surface area contributed by atoms with Gasteiger partial charge in [-0.15, -0.1) is 23.5 Å². The van der Waals surface area contributed by atoms with Crippen molar-refractivity contribution in [2.75, 3.05) is 18.6 Å². The Morgan fingerprint density at radius 3 is 2.12 bits per heavy atom. The molecule has 0 radical (unpaired) electrons. The highest BCUT2D eigenvalue weighted by Gasteiger charge is 2.54. The van der Waals surface area contributed by atoms with Gasteiger partial charge in [-0.1, -0.05) is 78.9 Å². The lowest BCUT2D eigenvalue weighted by Gasteiger charge is -2.38. The first-order valence-electron chi connectivity index (χ1n) is 11.0. The van der Waals surface area contributed by atoms with Gasteiger partial charge in [-0.3, -0.25) is 4.79 Å². The van der Waals surface area contributed by atoms with Crippen LogP contribution >= 0.6 is 23.5 Å². The molecule has 0 unspecified atom stereocenters. The number of methoxy groups -OCH3 is 1. The van der Waals surface area contributed by atoms with Gasteiger partial charge in [-0.25, -0.2) is 0 Å². The SMILES string of the molecule is COc1ccc(C2=CC3(SCCCS3)[C@@H](C(=O)c3ccccc3)[C@@H]2c2ccccc2)cc1. The van der Waals surface area contributed by atoms with E-state index in [0.29, 0.717) is 0 Å². The summed E-state index contributed by atoms with van der Waals surface area (Å²) in [5.41, 5.74) is 4.41. The number of hydrogen-bond acceptors (Lipinski definition) is 4. The lowest BCUT2D eigenvalue weighted by Crippen LogP contribution is -2.37. The summed E-state index contributed by atoms with van der Waals surface area (Å²) in [6.45, 7) is 0. The van der Waals surface area contributed by atoms with Crippen LogP contribution in [0.2, 0.25) is 0 Å². The average molecular weight is 459 g/mol. The van der Waals surface area contributed by atoms with Crippen LogP contribution in [-0.2, 0) is 0 Å². The van der Waals surface area contributed by atoms with Gasteiger partial charge in [0.2, 0.25) is 0 Å². The van der Waals surface area contributed by atoms with E-state index in [4.69, 9.17) is 4.74 Å². The van der Waals surface area contributed by atoms with Gasteiger partial charge in [0.15, 0.2) is 5.78 Å². The molecule has 3 aromatic carbocycles. The fraction of sp³-hybridized carbons (Fsp3) is 0.250. The Bertz CT molecular complexity index is 1100. The maximum Gasteiger partial charge on any atom is 0.169 e. The molecule has 2 aliphatic rings. The second-order valence-corrected chi connectivity index (χ2v) is 11.2. The van der Waals surface area contributed by atoms with Gasteiger partial charge in [-0.05, 0) is 46.8 Å². The second kappa shape index (κ2) is 9.21. The van der Waals surface area contributed by atoms with E-state index in [1.807, 2.05) is 72.1 Å². The van der Waals surface area contributed by atoms with Crippen LogP contribution in [0.15, 0.2) is 91.0 Å². The molecule has 1 aliphatic carbocycles. The Hall–Kier alpha value is -2.43. The van der Waals surface area contributed by atoms with Crippen molar-refractivity contribution in [3.8, 4) is 5.75 Å². The molecule has 0 saturated carbocycles. The summed E-state index contributed by atoms with van der Waals surface area (Å²) in [6.07, 6.45) is 3.59. The van der Waals surface area contributed by atoms with Crippen LogP contribution in [0, 0.1) is 5.92 Å². The van der Waals surface area contributed by atoms with E-state index < -0.39 is 0 Å². The topological polar surface area (TPSA) is 26.3 Å². The van der Waals surface area contributed by atoms with Crippen molar-refractivity contribution in [3.63, 3.8) is 0 Å². The Morgan fingerprint density at radius 1 is 0.875 bits per heavy atom. The van der Waals surface area contributed by atoms with Gasteiger partial charge < -0.3 is 4.74 Å². The third kappa shape index (κ3) is 3.91. The molecule has 5 rings (SSSR count). The number of hydrogen-bond donors (Lipinski definition) is 0. The first-order chi connectivity index (χ1) is 15.7. The molecular formula is C28H26O2S2. The van der Waals surface area contributed by atoms with E-state index in [1.54, 1.807) is 7.11 Å². The molecule has 0 bridgehead atoms. The quantitative estimate of drug-likeness (QED) is 0.387. The fourth-order valence-corrected chi connectivity index (χ4v) is 8.33.